The summed E-state index contributed by atoms with van der Waals surface area (Å²) in [5.41, 5.74) is 4.58. The Morgan fingerprint density at radius 2 is 1.93 bits per heavy atom. The number of benzene rings is 1. The lowest BCUT2D eigenvalue weighted by Crippen LogP contribution is -2.18. The van der Waals surface area contributed by atoms with Crippen molar-refractivity contribution in [3.05, 3.63) is 70.9 Å². The van der Waals surface area contributed by atoms with Crippen LogP contribution in [0, 0.1) is 0 Å². The summed E-state index contributed by atoms with van der Waals surface area (Å²) >= 11 is 0. The summed E-state index contributed by atoms with van der Waals surface area (Å²) in [6.45, 7) is 1.92. The summed E-state index contributed by atoms with van der Waals surface area (Å²) in [6.07, 6.45) is 5.09. The number of nitrogens with zero attached hydrogens (tertiary/aromatic N) is 2. The molecule has 0 saturated carbocycles. The molecule has 1 aromatic carbocycles. The van der Waals surface area contributed by atoms with Crippen molar-refractivity contribution < 1.29 is 4.79 Å². The van der Waals surface area contributed by atoms with Crippen LogP contribution in [0.15, 0.2) is 59.8 Å². The van der Waals surface area contributed by atoms with Crippen molar-refractivity contribution >= 4 is 16.9 Å². The molecule has 3 N–H and O–H groups in total. The first kappa shape index (κ1) is 16.7. The molecule has 4 aromatic rings. The Hall–Kier alpha value is -3.74. The van der Waals surface area contributed by atoms with Gasteiger partial charge < -0.3 is 15.3 Å². The number of amides is 1. The van der Waals surface area contributed by atoms with E-state index < -0.39 is 0 Å². The number of carbonyl (C=O) groups is 1. The molecular weight excluding hydrogens is 342 g/mol. The summed E-state index contributed by atoms with van der Waals surface area (Å²) < 4.78 is 0. The Morgan fingerprint density at radius 3 is 2.70 bits per heavy atom. The number of nitrogens with one attached hydrogen (secondary N) is 3. The number of rotatable bonds is 4. The van der Waals surface area contributed by atoms with Crippen molar-refractivity contribution in [1.29, 1.82) is 0 Å². The van der Waals surface area contributed by atoms with Crippen LogP contribution in [0.3, 0.4) is 0 Å². The fourth-order valence-electron chi connectivity index (χ4n) is 2.89. The molecule has 0 spiro atoms. The highest BCUT2D eigenvalue weighted by Gasteiger charge is 2.11. The van der Waals surface area contributed by atoms with Gasteiger partial charge in [-0.3, -0.25) is 14.6 Å². The summed E-state index contributed by atoms with van der Waals surface area (Å²) in [7, 11) is 0. The second-order valence-corrected chi connectivity index (χ2v) is 6.21. The third-order valence-corrected chi connectivity index (χ3v) is 4.26. The van der Waals surface area contributed by atoms with E-state index in [9.17, 15) is 9.59 Å². The standard InChI is InChI=1S/C20H17N5O2/c1-12(26)22-10-13-2-3-17-18(8-13)25-19(24-17)16-9-15(11-23-20(16)27)14-4-6-21-7-5-14/h2-9,11H,10H2,1H3,(H,22,26)(H,23,27)(H,24,25). The first-order valence-electron chi connectivity index (χ1n) is 8.47. The first-order valence-corrected chi connectivity index (χ1v) is 8.47. The normalized spacial score (nSPS) is 10.9. The number of aromatic amines is 2. The van der Waals surface area contributed by atoms with E-state index in [0.29, 0.717) is 17.9 Å². The fraction of sp³-hybridized carbons (Fsp3) is 0.100. The third kappa shape index (κ3) is 3.48. The maximum atomic E-state index is 12.3. The molecule has 134 valence electrons. The van der Waals surface area contributed by atoms with Crippen LogP contribution in [0.2, 0.25) is 0 Å². The van der Waals surface area contributed by atoms with E-state index >= 15 is 0 Å². The van der Waals surface area contributed by atoms with Crippen LogP contribution in [0.25, 0.3) is 33.5 Å². The van der Waals surface area contributed by atoms with Crippen molar-refractivity contribution in [2.24, 2.45) is 0 Å². The molecule has 0 bridgehead atoms. The molecule has 4 rings (SSSR count). The number of pyridine rings is 2. The average Bonchev–Trinajstić information content (AvgIpc) is 3.10. The largest absolute Gasteiger partial charge is 0.352 e. The molecule has 0 aliphatic rings. The predicted molar refractivity (Wildman–Crippen MR) is 103 cm³/mol. The van der Waals surface area contributed by atoms with E-state index in [1.54, 1.807) is 18.6 Å². The van der Waals surface area contributed by atoms with Gasteiger partial charge >= 0.3 is 0 Å². The van der Waals surface area contributed by atoms with Gasteiger partial charge in [0.1, 0.15) is 5.82 Å². The van der Waals surface area contributed by atoms with Crippen molar-refractivity contribution in [2.45, 2.75) is 13.5 Å². The summed E-state index contributed by atoms with van der Waals surface area (Å²) in [5, 5.41) is 2.76. The maximum Gasteiger partial charge on any atom is 0.259 e. The van der Waals surface area contributed by atoms with Gasteiger partial charge in [-0.1, -0.05) is 6.07 Å². The second-order valence-electron chi connectivity index (χ2n) is 6.21. The molecule has 7 nitrogen and oxygen atoms in total. The zero-order valence-corrected chi connectivity index (χ0v) is 14.6. The number of carbonyl (C=O) groups excluding carboxylic acids is 1. The molecule has 0 fully saturated rings. The van der Waals surface area contributed by atoms with Crippen LogP contribution >= 0.6 is 0 Å². The number of fused-ring (bicyclic) bond motifs is 1. The molecule has 0 aliphatic carbocycles. The van der Waals surface area contributed by atoms with Crippen molar-refractivity contribution in [1.82, 2.24) is 25.3 Å². The van der Waals surface area contributed by atoms with Gasteiger partial charge in [0.15, 0.2) is 0 Å². The maximum absolute atomic E-state index is 12.3. The number of hydrogen-bond acceptors (Lipinski definition) is 4. The van der Waals surface area contributed by atoms with Crippen molar-refractivity contribution in [3.63, 3.8) is 0 Å². The Kier molecular flexibility index (Phi) is 4.25. The molecule has 0 saturated heterocycles. The van der Waals surface area contributed by atoms with E-state index in [-0.39, 0.29) is 11.5 Å². The van der Waals surface area contributed by atoms with Gasteiger partial charge in [-0.15, -0.1) is 0 Å². The molecule has 0 aliphatic heterocycles. The molecule has 3 aromatic heterocycles. The molecule has 0 atom stereocenters. The summed E-state index contributed by atoms with van der Waals surface area (Å²) in [4.78, 5) is 38.0. The van der Waals surface area contributed by atoms with Crippen LogP contribution in [0.1, 0.15) is 12.5 Å². The van der Waals surface area contributed by atoms with E-state index in [1.165, 1.54) is 6.92 Å². The van der Waals surface area contributed by atoms with E-state index in [2.05, 4.69) is 25.3 Å². The number of aromatic nitrogens is 4. The lowest BCUT2D eigenvalue weighted by atomic mass is 10.1. The van der Waals surface area contributed by atoms with Gasteiger partial charge in [-0.25, -0.2) is 4.98 Å². The van der Waals surface area contributed by atoms with Gasteiger partial charge in [0.25, 0.3) is 5.56 Å². The highest BCUT2D eigenvalue weighted by Crippen LogP contribution is 2.23. The predicted octanol–water partition coefficient (Wildman–Crippen LogP) is 2.62. The molecule has 3 heterocycles. The topological polar surface area (TPSA) is 104 Å². The highest BCUT2D eigenvalue weighted by atomic mass is 16.1. The van der Waals surface area contributed by atoms with Crippen molar-refractivity contribution in [2.75, 3.05) is 0 Å². The van der Waals surface area contributed by atoms with Crippen molar-refractivity contribution in [3.8, 4) is 22.5 Å². The second kappa shape index (κ2) is 6.87. The fourth-order valence-corrected chi connectivity index (χ4v) is 2.89. The smallest absolute Gasteiger partial charge is 0.259 e. The highest BCUT2D eigenvalue weighted by molar-refractivity contribution is 5.81. The molecule has 27 heavy (non-hydrogen) atoms. The van der Waals surface area contributed by atoms with Crippen LogP contribution in [-0.4, -0.2) is 25.8 Å². The number of imidazole rings is 1. The zero-order valence-electron chi connectivity index (χ0n) is 14.6. The minimum Gasteiger partial charge on any atom is -0.352 e. The van der Waals surface area contributed by atoms with Gasteiger partial charge in [0, 0.05) is 32.1 Å². The SMILES string of the molecule is CC(=O)NCc1ccc2[nH]c(-c3cc(-c4ccncc4)c[nH]c3=O)nc2c1. The molecular formula is C20H17N5O2. The number of H-pyrrole nitrogens is 2. The van der Waals surface area contributed by atoms with Gasteiger partial charge in [0.2, 0.25) is 5.91 Å². The lowest BCUT2D eigenvalue weighted by Gasteiger charge is -2.02. The van der Waals surface area contributed by atoms with Gasteiger partial charge in [-0.2, -0.15) is 0 Å². The molecule has 7 heteroatoms. The Labute approximate surface area is 154 Å². The van der Waals surface area contributed by atoms with Crippen LogP contribution < -0.4 is 10.9 Å². The van der Waals surface area contributed by atoms with Gasteiger partial charge in [-0.05, 0) is 47.0 Å². The Bertz CT molecular complexity index is 1180. The van der Waals surface area contributed by atoms with Gasteiger partial charge in [0.05, 0.1) is 16.6 Å². The minimum atomic E-state index is -0.217. The van der Waals surface area contributed by atoms with Crippen LogP contribution in [0.4, 0.5) is 0 Å². The lowest BCUT2D eigenvalue weighted by molar-refractivity contribution is -0.119. The first-order chi connectivity index (χ1) is 13.1. The molecule has 0 unspecified atom stereocenters. The quantitative estimate of drug-likeness (QED) is 0.521. The Balaban J connectivity index is 1.73. The van der Waals surface area contributed by atoms with E-state index in [0.717, 1.165) is 27.7 Å². The zero-order chi connectivity index (χ0) is 18.8. The third-order valence-electron chi connectivity index (χ3n) is 4.26. The summed E-state index contributed by atoms with van der Waals surface area (Å²) in [5.74, 6) is 0.413. The Morgan fingerprint density at radius 1 is 1.11 bits per heavy atom. The van der Waals surface area contributed by atoms with Crippen LogP contribution in [0.5, 0.6) is 0 Å². The molecule has 0 radical (unpaired) electrons. The van der Waals surface area contributed by atoms with Crippen LogP contribution in [-0.2, 0) is 11.3 Å². The monoisotopic (exact) mass is 359 g/mol. The van der Waals surface area contributed by atoms with E-state index in [4.69, 9.17) is 0 Å². The minimum absolute atomic E-state index is 0.0859. The number of hydrogen-bond donors (Lipinski definition) is 3. The summed E-state index contributed by atoms with van der Waals surface area (Å²) in [6, 6.07) is 11.3. The average molecular weight is 359 g/mol. The molecule has 1 amide bonds. The van der Waals surface area contributed by atoms with E-state index in [1.807, 2.05) is 36.4 Å².